The Kier molecular flexibility index (Phi) is 6.54. The standard InChI is InChI=1S/C15H17N3O3S2/c19-13(10-23-15(22)18-7-1-2-8-18)17-16-9-11-3-5-12(6-4-11)14(20)21/h3-6,9H,1-2,7-8,10H2,(H,17,19)(H,20,21)/b16-9-. The lowest BCUT2D eigenvalue weighted by molar-refractivity contribution is -0.118. The maximum Gasteiger partial charge on any atom is 0.335 e. The molecule has 1 amide bonds. The van der Waals surface area contributed by atoms with Gasteiger partial charge in [0.05, 0.1) is 17.5 Å². The van der Waals surface area contributed by atoms with Crippen LogP contribution in [-0.2, 0) is 4.79 Å². The lowest BCUT2D eigenvalue weighted by Gasteiger charge is -2.16. The van der Waals surface area contributed by atoms with Crippen LogP contribution in [0.15, 0.2) is 29.4 Å². The van der Waals surface area contributed by atoms with E-state index < -0.39 is 5.97 Å². The first kappa shape index (κ1) is 17.4. The molecule has 1 aromatic rings. The summed E-state index contributed by atoms with van der Waals surface area (Å²) in [5.41, 5.74) is 3.34. The predicted octanol–water partition coefficient (Wildman–Crippen LogP) is 1.95. The molecule has 2 N–H and O–H groups in total. The van der Waals surface area contributed by atoms with Crippen LogP contribution in [-0.4, -0.2) is 51.3 Å². The molecule has 8 heteroatoms. The third-order valence-corrected chi connectivity index (χ3v) is 4.77. The summed E-state index contributed by atoms with van der Waals surface area (Å²) >= 11 is 6.62. The van der Waals surface area contributed by atoms with E-state index in [2.05, 4.69) is 15.4 Å². The number of nitrogens with zero attached hydrogens (tertiary/aromatic N) is 2. The highest BCUT2D eigenvalue weighted by Crippen LogP contribution is 2.15. The van der Waals surface area contributed by atoms with Gasteiger partial charge in [-0.2, -0.15) is 5.10 Å². The number of nitrogens with one attached hydrogen (secondary N) is 1. The van der Waals surface area contributed by atoms with Gasteiger partial charge in [-0.1, -0.05) is 36.1 Å². The van der Waals surface area contributed by atoms with Crippen molar-refractivity contribution < 1.29 is 14.7 Å². The lowest BCUT2D eigenvalue weighted by Crippen LogP contribution is -2.26. The zero-order valence-corrected chi connectivity index (χ0v) is 14.0. The number of carbonyl (C=O) groups is 2. The number of hydrogen-bond acceptors (Lipinski definition) is 5. The van der Waals surface area contributed by atoms with E-state index in [1.165, 1.54) is 30.1 Å². The van der Waals surface area contributed by atoms with Crippen molar-refractivity contribution in [1.82, 2.24) is 10.3 Å². The molecule has 0 radical (unpaired) electrons. The fourth-order valence-electron chi connectivity index (χ4n) is 2.04. The van der Waals surface area contributed by atoms with Crippen LogP contribution in [0.5, 0.6) is 0 Å². The minimum atomic E-state index is -0.979. The van der Waals surface area contributed by atoms with Gasteiger partial charge < -0.3 is 10.0 Å². The average molecular weight is 351 g/mol. The number of likely N-dealkylation sites (tertiary alicyclic amines) is 1. The highest BCUT2D eigenvalue weighted by atomic mass is 32.2. The van der Waals surface area contributed by atoms with Crippen LogP contribution < -0.4 is 5.43 Å². The second kappa shape index (κ2) is 8.64. The minimum Gasteiger partial charge on any atom is -0.478 e. The van der Waals surface area contributed by atoms with Gasteiger partial charge in [0, 0.05) is 13.1 Å². The van der Waals surface area contributed by atoms with E-state index in [4.69, 9.17) is 17.3 Å². The van der Waals surface area contributed by atoms with Crippen LogP contribution >= 0.6 is 24.0 Å². The van der Waals surface area contributed by atoms with Crippen molar-refractivity contribution in [3.63, 3.8) is 0 Å². The second-order valence-electron chi connectivity index (χ2n) is 4.97. The largest absolute Gasteiger partial charge is 0.478 e. The molecule has 122 valence electrons. The van der Waals surface area contributed by atoms with E-state index in [1.54, 1.807) is 12.1 Å². The molecule has 0 aromatic heterocycles. The molecule has 0 atom stereocenters. The SMILES string of the molecule is O=C(CSC(=S)N1CCCC1)N/N=C\c1ccc(C(=O)O)cc1. The van der Waals surface area contributed by atoms with Gasteiger partial charge in [0.25, 0.3) is 5.91 Å². The highest BCUT2D eigenvalue weighted by molar-refractivity contribution is 8.23. The third-order valence-electron chi connectivity index (χ3n) is 3.25. The Morgan fingerprint density at radius 2 is 1.96 bits per heavy atom. The summed E-state index contributed by atoms with van der Waals surface area (Å²) in [5.74, 6) is -0.979. The number of rotatable bonds is 5. The molecule has 0 saturated carbocycles. The van der Waals surface area contributed by atoms with Gasteiger partial charge in [0.15, 0.2) is 0 Å². The number of hydrogen-bond donors (Lipinski definition) is 2. The molecule has 0 aliphatic carbocycles. The molecule has 1 heterocycles. The lowest BCUT2D eigenvalue weighted by atomic mass is 10.1. The first-order chi connectivity index (χ1) is 11.1. The minimum absolute atomic E-state index is 0.206. The molecule has 1 aromatic carbocycles. The van der Waals surface area contributed by atoms with Crippen molar-refractivity contribution in [2.24, 2.45) is 5.10 Å². The van der Waals surface area contributed by atoms with E-state index in [0.29, 0.717) is 5.56 Å². The molecule has 23 heavy (non-hydrogen) atoms. The van der Waals surface area contributed by atoms with Crippen LogP contribution in [0.2, 0.25) is 0 Å². The number of thioether (sulfide) groups is 1. The molecule has 2 rings (SSSR count). The molecular weight excluding hydrogens is 334 g/mol. The average Bonchev–Trinajstić information content (AvgIpc) is 3.07. The summed E-state index contributed by atoms with van der Waals surface area (Å²) in [6.07, 6.45) is 3.77. The summed E-state index contributed by atoms with van der Waals surface area (Å²) in [6, 6.07) is 6.21. The molecule has 1 aliphatic heterocycles. The summed E-state index contributed by atoms with van der Waals surface area (Å²) < 4.78 is 0.755. The van der Waals surface area contributed by atoms with Gasteiger partial charge >= 0.3 is 5.97 Å². The van der Waals surface area contributed by atoms with Gasteiger partial charge in [-0.3, -0.25) is 4.79 Å². The van der Waals surface area contributed by atoms with Gasteiger partial charge in [-0.25, -0.2) is 10.2 Å². The first-order valence-corrected chi connectivity index (χ1v) is 8.52. The Morgan fingerprint density at radius 1 is 1.30 bits per heavy atom. The molecule has 0 bridgehead atoms. The van der Waals surface area contributed by atoms with E-state index in [-0.39, 0.29) is 17.2 Å². The number of carboxylic acids is 1. The quantitative estimate of drug-likeness (QED) is 0.479. The van der Waals surface area contributed by atoms with Crippen LogP contribution in [0.4, 0.5) is 0 Å². The Balaban J connectivity index is 1.72. The van der Waals surface area contributed by atoms with Crippen molar-refractivity contribution in [2.45, 2.75) is 12.8 Å². The van der Waals surface area contributed by atoms with E-state index in [9.17, 15) is 9.59 Å². The van der Waals surface area contributed by atoms with Crippen molar-refractivity contribution in [3.8, 4) is 0 Å². The molecular formula is C15H17N3O3S2. The van der Waals surface area contributed by atoms with Crippen LogP contribution in [0.3, 0.4) is 0 Å². The number of aromatic carboxylic acids is 1. The molecule has 1 aliphatic rings. The molecule has 1 fully saturated rings. The molecule has 0 spiro atoms. The van der Waals surface area contributed by atoms with Crippen LogP contribution in [0.25, 0.3) is 0 Å². The summed E-state index contributed by atoms with van der Waals surface area (Å²) in [6.45, 7) is 1.94. The topological polar surface area (TPSA) is 82.0 Å². The van der Waals surface area contributed by atoms with Gasteiger partial charge in [-0.05, 0) is 30.5 Å². The Morgan fingerprint density at radius 3 is 2.57 bits per heavy atom. The summed E-state index contributed by atoms with van der Waals surface area (Å²) in [7, 11) is 0. The number of benzene rings is 1. The van der Waals surface area contributed by atoms with Gasteiger partial charge in [-0.15, -0.1) is 0 Å². The normalized spacial score (nSPS) is 14.2. The fourth-order valence-corrected chi connectivity index (χ4v) is 3.08. The maximum atomic E-state index is 11.7. The van der Waals surface area contributed by atoms with E-state index in [1.807, 2.05) is 0 Å². The number of amides is 1. The van der Waals surface area contributed by atoms with Crippen molar-refractivity contribution in [2.75, 3.05) is 18.8 Å². The number of thiocarbonyl (C=S) groups is 1. The Hall–Kier alpha value is -1.93. The van der Waals surface area contributed by atoms with Crippen molar-refractivity contribution in [1.29, 1.82) is 0 Å². The summed E-state index contributed by atoms with van der Waals surface area (Å²) in [4.78, 5) is 24.5. The second-order valence-corrected chi connectivity index (χ2v) is 6.58. The van der Waals surface area contributed by atoms with E-state index >= 15 is 0 Å². The Bertz CT molecular complexity index is 611. The molecule has 1 saturated heterocycles. The third kappa shape index (κ3) is 5.65. The number of carbonyl (C=O) groups excluding carboxylic acids is 1. The van der Waals surface area contributed by atoms with Crippen molar-refractivity contribution in [3.05, 3.63) is 35.4 Å². The Labute approximate surface area is 143 Å². The molecule has 6 nitrogen and oxygen atoms in total. The maximum absolute atomic E-state index is 11.7. The number of carboxylic acid groups (broad SMARTS) is 1. The fraction of sp³-hybridized carbons (Fsp3) is 0.333. The zero-order chi connectivity index (χ0) is 16.7. The van der Waals surface area contributed by atoms with Gasteiger partial charge in [0.2, 0.25) is 0 Å². The molecule has 0 unspecified atom stereocenters. The van der Waals surface area contributed by atoms with Gasteiger partial charge in [0.1, 0.15) is 4.32 Å². The first-order valence-electron chi connectivity index (χ1n) is 7.13. The van der Waals surface area contributed by atoms with Crippen molar-refractivity contribution >= 4 is 46.4 Å². The monoisotopic (exact) mass is 351 g/mol. The zero-order valence-electron chi connectivity index (χ0n) is 12.4. The van der Waals surface area contributed by atoms with Crippen LogP contribution in [0, 0.1) is 0 Å². The summed E-state index contributed by atoms with van der Waals surface area (Å²) in [5, 5.41) is 12.6. The van der Waals surface area contributed by atoms with Crippen LogP contribution in [0.1, 0.15) is 28.8 Å². The highest BCUT2D eigenvalue weighted by Gasteiger charge is 2.15. The number of hydrazone groups is 1. The predicted molar refractivity (Wildman–Crippen MR) is 95.0 cm³/mol. The van der Waals surface area contributed by atoms with E-state index in [0.717, 1.165) is 30.3 Å². The smallest absolute Gasteiger partial charge is 0.335 e.